The molecule has 2 heterocycles. The number of aliphatic hydroxyl groups excluding tert-OH is 1. The molecule has 0 aliphatic carbocycles. The number of rotatable bonds is 6. The molecular weight excluding hydrogens is 320 g/mol. The Balaban J connectivity index is 1.61. The zero-order valence-corrected chi connectivity index (χ0v) is 14.6. The number of anilines is 1. The first-order valence-electron chi connectivity index (χ1n) is 8.40. The van der Waals surface area contributed by atoms with Gasteiger partial charge in [0.25, 0.3) is 5.91 Å². The van der Waals surface area contributed by atoms with Crippen LogP contribution in [0.25, 0.3) is 0 Å². The van der Waals surface area contributed by atoms with E-state index in [-0.39, 0.29) is 17.7 Å². The van der Waals surface area contributed by atoms with Gasteiger partial charge in [0.1, 0.15) is 0 Å². The van der Waals surface area contributed by atoms with Gasteiger partial charge in [-0.05, 0) is 38.2 Å². The predicted molar refractivity (Wildman–Crippen MR) is 94.2 cm³/mol. The van der Waals surface area contributed by atoms with Crippen LogP contribution in [0.2, 0.25) is 0 Å². The fraction of sp³-hybridized carbons (Fsp3) is 0.444. The first kappa shape index (κ1) is 17.6. The SMILES string of the molecule is CN(C)Cc1cc(C(=O)Nc2cccc(CN3CCC(O)C3)c2)no1. The molecule has 1 aliphatic rings. The molecular formula is C18H24N4O3. The van der Waals surface area contributed by atoms with Gasteiger partial charge in [0, 0.05) is 31.4 Å². The highest BCUT2D eigenvalue weighted by Crippen LogP contribution is 2.17. The molecule has 0 bridgehead atoms. The lowest BCUT2D eigenvalue weighted by Gasteiger charge is -2.15. The summed E-state index contributed by atoms with van der Waals surface area (Å²) in [7, 11) is 3.85. The Morgan fingerprint density at radius 1 is 1.44 bits per heavy atom. The molecule has 1 unspecified atom stereocenters. The summed E-state index contributed by atoms with van der Waals surface area (Å²) in [6, 6.07) is 9.39. The molecule has 0 spiro atoms. The molecule has 1 saturated heterocycles. The van der Waals surface area contributed by atoms with Crippen molar-refractivity contribution in [2.24, 2.45) is 0 Å². The van der Waals surface area contributed by atoms with Gasteiger partial charge < -0.3 is 19.8 Å². The molecule has 3 rings (SSSR count). The Hall–Kier alpha value is -2.22. The van der Waals surface area contributed by atoms with Crippen molar-refractivity contribution < 1.29 is 14.4 Å². The summed E-state index contributed by atoms with van der Waals surface area (Å²) in [6.45, 7) is 2.95. The zero-order chi connectivity index (χ0) is 17.8. The Bertz CT molecular complexity index is 729. The number of carbonyl (C=O) groups excluding carboxylic acids is 1. The highest BCUT2D eigenvalue weighted by Gasteiger charge is 2.20. The van der Waals surface area contributed by atoms with Crippen molar-refractivity contribution in [1.82, 2.24) is 15.0 Å². The number of β-amino-alcohol motifs (C(OH)–C–C–N with tert-alkyl or cyclic N) is 1. The monoisotopic (exact) mass is 344 g/mol. The average molecular weight is 344 g/mol. The van der Waals surface area contributed by atoms with Crippen molar-refractivity contribution in [1.29, 1.82) is 0 Å². The van der Waals surface area contributed by atoms with Gasteiger partial charge in [-0.2, -0.15) is 0 Å². The normalized spacial score (nSPS) is 18.0. The second-order valence-electron chi connectivity index (χ2n) is 6.75. The summed E-state index contributed by atoms with van der Waals surface area (Å²) < 4.78 is 5.17. The van der Waals surface area contributed by atoms with E-state index in [1.165, 1.54) is 0 Å². The molecule has 1 aromatic heterocycles. The maximum Gasteiger partial charge on any atom is 0.277 e. The number of likely N-dealkylation sites (tertiary alicyclic amines) is 1. The molecule has 0 radical (unpaired) electrons. The number of nitrogens with zero attached hydrogens (tertiary/aromatic N) is 3. The van der Waals surface area contributed by atoms with Crippen LogP contribution in [0.4, 0.5) is 5.69 Å². The highest BCUT2D eigenvalue weighted by molar-refractivity contribution is 6.02. The third-order valence-electron chi connectivity index (χ3n) is 4.10. The third kappa shape index (κ3) is 4.88. The summed E-state index contributed by atoms with van der Waals surface area (Å²) in [4.78, 5) is 16.5. The van der Waals surface area contributed by atoms with Crippen molar-refractivity contribution in [2.45, 2.75) is 25.6 Å². The summed E-state index contributed by atoms with van der Waals surface area (Å²) in [5.41, 5.74) is 2.09. The van der Waals surface area contributed by atoms with Crippen LogP contribution < -0.4 is 5.32 Å². The van der Waals surface area contributed by atoms with Gasteiger partial charge in [-0.1, -0.05) is 17.3 Å². The van der Waals surface area contributed by atoms with Crippen LogP contribution in [0.1, 0.15) is 28.2 Å². The quantitative estimate of drug-likeness (QED) is 0.828. The number of nitrogens with one attached hydrogen (secondary N) is 1. The second kappa shape index (κ2) is 7.77. The largest absolute Gasteiger partial charge is 0.392 e. The van der Waals surface area contributed by atoms with Gasteiger partial charge in [-0.15, -0.1) is 0 Å². The Morgan fingerprint density at radius 3 is 3.00 bits per heavy atom. The Morgan fingerprint density at radius 2 is 2.28 bits per heavy atom. The maximum absolute atomic E-state index is 12.3. The van der Waals surface area contributed by atoms with Crippen molar-refractivity contribution >= 4 is 11.6 Å². The minimum absolute atomic E-state index is 0.230. The molecule has 2 aromatic rings. The van der Waals surface area contributed by atoms with Gasteiger partial charge in [0.15, 0.2) is 11.5 Å². The lowest BCUT2D eigenvalue weighted by molar-refractivity contribution is 0.101. The molecule has 1 fully saturated rings. The van der Waals surface area contributed by atoms with E-state index in [0.29, 0.717) is 18.8 Å². The third-order valence-corrected chi connectivity index (χ3v) is 4.10. The van der Waals surface area contributed by atoms with Gasteiger partial charge >= 0.3 is 0 Å². The smallest absolute Gasteiger partial charge is 0.277 e. The van der Waals surface area contributed by atoms with Crippen LogP contribution in [0.15, 0.2) is 34.9 Å². The van der Waals surface area contributed by atoms with E-state index in [4.69, 9.17) is 4.52 Å². The minimum Gasteiger partial charge on any atom is -0.392 e. The van der Waals surface area contributed by atoms with Crippen LogP contribution in [-0.4, -0.2) is 59.3 Å². The minimum atomic E-state index is -0.289. The molecule has 25 heavy (non-hydrogen) atoms. The van der Waals surface area contributed by atoms with E-state index in [9.17, 15) is 9.90 Å². The standard InChI is InChI=1S/C18H24N4O3/c1-21(2)12-16-9-17(20-25-16)18(24)19-14-5-3-4-13(8-14)10-22-7-6-15(23)11-22/h3-5,8-9,15,23H,6-7,10-12H2,1-2H3,(H,19,24). The van der Waals surface area contributed by atoms with Crippen molar-refractivity contribution in [2.75, 3.05) is 32.5 Å². The summed E-state index contributed by atoms with van der Waals surface area (Å²) in [5, 5.41) is 16.3. The zero-order valence-electron chi connectivity index (χ0n) is 14.6. The molecule has 1 atom stereocenters. The Kier molecular flexibility index (Phi) is 5.47. The number of carbonyl (C=O) groups is 1. The number of aliphatic hydroxyl groups is 1. The lowest BCUT2D eigenvalue weighted by atomic mass is 10.2. The van der Waals surface area contributed by atoms with E-state index in [0.717, 1.165) is 30.8 Å². The number of hydrogen-bond acceptors (Lipinski definition) is 6. The second-order valence-corrected chi connectivity index (χ2v) is 6.75. The number of amides is 1. The summed E-state index contributed by atoms with van der Waals surface area (Å²) >= 11 is 0. The Labute approximate surface area is 147 Å². The number of aromatic nitrogens is 1. The van der Waals surface area contributed by atoms with Crippen LogP contribution >= 0.6 is 0 Å². The van der Waals surface area contributed by atoms with E-state index in [2.05, 4.69) is 15.4 Å². The van der Waals surface area contributed by atoms with Crippen LogP contribution in [0.5, 0.6) is 0 Å². The van der Waals surface area contributed by atoms with E-state index < -0.39 is 0 Å². The molecule has 7 nitrogen and oxygen atoms in total. The van der Waals surface area contributed by atoms with Gasteiger partial charge in [-0.3, -0.25) is 9.69 Å². The lowest BCUT2D eigenvalue weighted by Crippen LogP contribution is -2.21. The van der Waals surface area contributed by atoms with Crippen molar-refractivity contribution in [3.05, 3.63) is 47.3 Å². The first-order chi connectivity index (χ1) is 12.0. The predicted octanol–water partition coefficient (Wildman–Crippen LogP) is 1.56. The molecule has 134 valence electrons. The average Bonchev–Trinajstić information content (AvgIpc) is 3.16. The molecule has 2 N–H and O–H groups in total. The van der Waals surface area contributed by atoms with Crippen molar-refractivity contribution in [3.8, 4) is 0 Å². The van der Waals surface area contributed by atoms with E-state index in [1.807, 2.05) is 43.3 Å². The maximum atomic E-state index is 12.3. The van der Waals surface area contributed by atoms with Gasteiger partial charge in [-0.25, -0.2) is 0 Å². The van der Waals surface area contributed by atoms with Gasteiger partial charge in [0.2, 0.25) is 0 Å². The molecule has 7 heteroatoms. The van der Waals surface area contributed by atoms with Gasteiger partial charge in [0.05, 0.1) is 12.6 Å². The van der Waals surface area contributed by atoms with Crippen LogP contribution in [0, 0.1) is 0 Å². The van der Waals surface area contributed by atoms with Crippen LogP contribution in [-0.2, 0) is 13.1 Å². The van der Waals surface area contributed by atoms with Crippen molar-refractivity contribution in [3.63, 3.8) is 0 Å². The van der Waals surface area contributed by atoms with E-state index in [1.54, 1.807) is 6.07 Å². The van der Waals surface area contributed by atoms with E-state index >= 15 is 0 Å². The molecule has 0 saturated carbocycles. The fourth-order valence-corrected chi connectivity index (χ4v) is 2.96. The molecule has 1 amide bonds. The molecule has 1 aliphatic heterocycles. The number of hydrogen-bond donors (Lipinski definition) is 2. The topological polar surface area (TPSA) is 81.8 Å². The summed E-state index contributed by atoms with van der Waals surface area (Å²) in [5.74, 6) is 0.360. The van der Waals surface area contributed by atoms with Crippen LogP contribution in [0.3, 0.4) is 0 Å². The number of benzene rings is 1. The fourth-order valence-electron chi connectivity index (χ4n) is 2.96. The molecule has 1 aromatic carbocycles. The highest BCUT2D eigenvalue weighted by atomic mass is 16.5. The summed E-state index contributed by atoms with van der Waals surface area (Å²) in [6.07, 6.45) is 0.587. The first-order valence-corrected chi connectivity index (χ1v) is 8.40.